The molecule has 1 aromatic rings. The van der Waals surface area contributed by atoms with Gasteiger partial charge in [-0.2, -0.15) is 5.10 Å². The van der Waals surface area contributed by atoms with Crippen LogP contribution in [0.5, 0.6) is 0 Å². The molecule has 7 heteroatoms. The van der Waals surface area contributed by atoms with Gasteiger partial charge in [-0.05, 0) is 37.8 Å². The molecule has 0 aliphatic heterocycles. The maximum Gasteiger partial charge on any atom is 0.237 e. The number of hydrogen-bond acceptors (Lipinski definition) is 4. The van der Waals surface area contributed by atoms with Crippen molar-refractivity contribution < 1.29 is 5.21 Å². The highest BCUT2D eigenvalue weighted by Gasteiger charge is 2.18. The van der Waals surface area contributed by atoms with Crippen molar-refractivity contribution in [3.63, 3.8) is 0 Å². The number of nitrogens with two attached hydrogens (primary N) is 1. The molecule has 98 valence electrons. The molecular formula is C11H16ClN5O. The van der Waals surface area contributed by atoms with Crippen LogP contribution >= 0.6 is 12.4 Å². The third kappa shape index (κ3) is 2.96. The zero-order chi connectivity index (χ0) is 12.3. The van der Waals surface area contributed by atoms with Gasteiger partial charge in [0.2, 0.25) is 5.96 Å². The van der Waals surface area contributed by atoms with Gasteiger partial charge >= 0.3 is 0 Å². The molecule has 0 unspecified atom stereocenters. The molecule has 0 saturated heterocycles. The van der Waals surface area contributed by atoms with Crippen LogP contribution in [0.4, 0.5) is 0 Å². The van der Waals surface area contributed by atoms with E-state index in [-0.39, 0.29) is 18.4 Å². The van der Waals surface area contributed by atoms with Gasteiger partial charge < -0.3 is 5.73 Å². The minimum absolute atomic E-state index is 0. The Morgan fingerprint density at radius 1 is 1.50 bits per heavy atom. The predicted octanol–water partition coefficient (Wildman–Crippen LogP) is 1.15. The van der Waals surface area contributed by atoms with Crippen LogP contribution in [0.2, 0.25) is 0 Å². The third-order valence-corrected chi connectivity index (χ3v) is 2.75. The van der Waals surface area contributed by atoms with Crippen LogP contribution < -0.4 is 11.2 Å². The molecule has 4 N–H and O–H groups in total. The van der Waals surface area contributed by atoms with Gasteiger partial charge in [-0.15, -0.1) is 17.5 Å². The molecule has 18 heavy (non-hydrogen) atoms. The van der Waals surface area contributed by atoms with Crippen molar-refractivity contribution in [2.75, 3.05) is 0 Å². The Hall–Kier alpha value is -1.66. The van der Waals surface area contributed by atoms with Gasteiger partial charge in [-0.3, -0.25) is 10.2 Å². The Morgan fingerprint density at radius 2 is 2.28 bits per heavy atom. The molecule has 0 aromatic carbocycles. The van der Waals surface area contributed by atoms with Gasteiger partial charge in [0.15, 0.2) is 0 Å². The lowest BCUT2D eigenvalue weighted by Crippen LogP contribution is -2.28. The number of fused-ring (bicyclic) bond motifs is 1. The molecule has 1 aromatic heterocycles. The van der Waals surface area contributed by atoms with Crippen LogP contribution in [0.15, 0.2) is 22.5 Å². The van der Waals surface area contributed by atoms with Crippen LogP contribution in [0.3, 0.4) is 0 Å². The lowest BCUT2D eigenvalue weighted by atomic mass is 9.91. The number of halogens is 1. The minimum atomic E-state index is -0.119. The first-order valence-electron chi connectivity index (χ1n) is 5.47. The Balaban J connectivity index is 0.00000162. The smallest absolute Gasteiger partial charge is 0.237 e. The predicted molar refractivity (Wildman–Crippen MR) is 72.2 cm³/mol. The maximum absolute atomic E-state index is 8.53. The second kappa shape index (κ2) is 6.32. The van der Waals surface area contributed by atoms with Crippen LogP contribution in [0, 0.1) is 6.92 Å². The van der Waals surface area contributed by atoms with Crippen molar-refractivity contribution in [1.29, 1.82) is 0 Å². The van der Waals surface area contributed by atoms with Gasteiger partial charge in [-0.25, -0.2) is 5.48 Å². The third-order valence-electron chi connectivity index (χ3n) is 2.75. The van der Waals surface area contributed by atoms with Crippen molar-refractivity contribution >= 4 is 24.1 Å². The molecule has 0 amide bonds. The lowest BCUT2D eigenvalue weighted by Gasteiger charge is -2.17. The lowest BCUT2D eigenvalue weighted by molar-refractivity contribution is 0.232. The zero-order valence-corrected chi connectivity index (χ0v) is 10.9. The van der Waals surface area contributed by atoms with E-state index >= 15 is 0 Å². The molecule has 0 atom stereocenters. The quantitative estimate of drug-likeness (QED) is 0.405. The Morgan fingerprint density at radius 3 is 3.00 bits per heavy atom. The van der Waals surface area contributed by atoms with E-state index < -0.39 is 0 Å². The van der Waals surface area contributed by atoms with E-state index in [1.807, 2.05) is 19.2 Å². The summed E-state index contributed by atoms with van der Waals surface area (Å²) in [6.07, 6.45) is 4.63. The van der Waals surface area contributed by atoms with E-state index in [2.05, 4.69) is 15.2 Å². The summed E-state index contributed by atoms with van der Waals surface area (Å²) < 4.78 is 0. The number of nitrogens with one attached hydrogen (secondary N) is 1. The molecule has 6 nitrogen and oxygen atoms in total. The van der Waals surface area contributed by atoms with Crippen molar-refractivity contribution in [1.82, 2.24) is 10.5 Å². The highest BCUT2D eigenvalue weighted by Crippen LogP contribution is 2.22. The molecule has 0 radical (unpaired) electrons. The summed E-state index contributed by atoms with van der Waals surface area (Å²) in [7, 11) is 0. The van der Waals surface area contributed by atoms with Gasteiger partial charge in [0.05, 0.1) is 5.71 Å². The Labute approximate surface area is 111 Å². The maximum atomic E-state index is 8.53. The summed E-state index contributed by atoms with van der Waals surface area (Å²) >= 11 is 0. The number of rotatable bonds is 1. The summed E-state index contributed by atoms with van der Waals surface area (Å²) in [5, 5.41) is 16.3. The number of guanidine groups is 1. The Bertz CT molecular complexity index is 486. The summed E-state index contributed by atoms with van der Waals surface area (Å²) in [6.45, 7) is 2.03. The van der Waals surface area contributed by atoms with E-state index in [0.29, 0.717) is 0 Å². The molecule has 0 saturated carbocycles. The molecule has 1 aliphatic rings. The Kier molecular flexibility index (Phi) is 5.06. The fraction of sp³-hybridized carbons (Fsp3) is 0.364. The van der Waals surface area contributed by atoms with Crippen LogP contribution in [0.25, 0.3) is 0 Å². The standard InChI is InChI=1S/C11H15N5O.ClH/c1-7-5-6-13-8-3-2-4-9(10(7)8)14-15-11(12)16-17;/h5-6,17H,2-4H2,1H3,(H3,12,15,16);1H. The van der Waals surface area contributed by atoms with Crippen molar-refractivity contribution in [2.24, 2.45) is 15.9 Å². The zero-order valence-electron chi connectivity index (χ0n) is 10.1. The topological polar surface area (TPSA) is 95.9 Å². The van der Waals surface area contributed by atoms with E-state index in [4.69, 9.17) is 10.9 Å². The van der Waals surface area contributed by atoms with E-state index in [1.54, 1.807) is 5.48 Å². The summed E-state index contributed by atoms with van der Waals surface area (Å²) in [5.74, 6) is -0.119. The van der Waals surface area contributed by atoms with Crippen LogP contribution in [-0.4, -0.2) is 21.9 Å². The fourth-order valence-electron chi connectivity index (χ4n) is 1.98. The summed E-state index contributed by atoms with van der Waals surface area (Å²) in [4.78, 5) is 4.35. The molecule has 1 heterocycles. The summed E-state index contributed by atoms with van der Waals surface area (Å²) in [6, 6.07) is 1.96. The number of nitrogens with zero attached hydrogens (tertiary/aromatic N) is 3. The fourth-order valence-corrected chi connectivity index (χ4v) is 1.98. The molecule has 0 spiro atoms. The van der Waals surface area contributed by atoms with Gasteiger partial charge in [0, 0.05) is 17.5 Å². The van der Waals surface area contributed by atoms with E-state index in [1.165, 1.54) is 0 Å². The first kappa shape index (κ1) is 14.4. The number of pyridine rings is 1. The molecule has 2 rings (SSSR count). The van der Waals surface area contributed by atoms with Crippen LogP contribution in [0.1, 0.15) is 29.7 Å². The second-order valence-corrected chi connectivity index (χ2v) is 3.95. The average Bonchev–Trinajstić information content (AvgIpc) is 2.36. The average molecular weight is 270 g/mol. The first-order valence-corrected chi connectivity index (χ1v) is 5.47. The number of hydrogen-bond donors (Lipinski definition) is 3. The van der Waals surface area contributed by atoms with Crippen molar-refractivity contribution in [3.8, 4) is 0 Å². The normalized spacial score (nSPS) is 17.0. The number of aromatic nitrogens is 1. The monoisotopic (exact) mass is 269 g/mol. The minimum Gasteiger partial charge on any atom is -0.367 e. The molecule has 0 fully saturated rings. The van der Waals surface area contributed by atoms with Gasteiger partial charge in [-0.1, -0.05) is 0 Å². The largest absolute Gasteiger partial charge is 0.367 e. The van der Waals surface area contributed by atoms with Crippen LogP contribution in [-0.2, 0) is 6.42 Å². The first-order chi connectivity index (χ1) is 8.22. The van der Waals surface area contributed by atoms with Crippen molar-refractivity contribution in [3.05, 3.63) is 29.1 Å². The highest BCUT2D eigenvalue weighted by atomic mass is 35.5. The van der Waals surface area contributed by atoms with Crippen molar-refractivity contribution in [2.45, 2.75) is 26.2 Å². The molecule has 1 aliphatic carbocycles. The van der Waals surface area contributed by atoms with E-state index in [9.17, 15) is 0 Å². The van der Waals surface area contributed by atoms with E-state index in [0.717, 1.165) is 41.8 Å². The SMILES string of the molecule is Cc1ccnc2c1C(=N/N=C(/N)NO)CCC2.Cl. The number of aryl methyl sites for hydroxylation is 2. The van der Waals surface area contributed by atoms with Gasteiger partial charge in [0.25, 0.3) is 0 Å². The molecular weight excluding hydrogens is 254 g/mol. The second-order valence-electron chi connectivity index (χ2n) is 3.95. The number of hydroxylamine groups is 1. The highest BCUT2D eigenvalue weighted by molar-refractivity contribution is 6.03. The van der Waals surface area contributed by atoms with Gasteiger partial charge in [0.1, 0.15) is 0 Å². The summed E-state index contributed by atoms with van der Waals surface area (Å²) in [5.41, 5.74) is 11.2. The molecule has 0 bridgehead atoms.